The quantitative estimate of drug-likeness (QED) is 0.818. The second-order valence-corrected chi connectivity index (χ2v) is 4.30. The van der Waals surface area contributed by atoms with Crippen LogP contribution in [0.2, 0.25) is 0 Å². The number of nitriles is 1. The molecule has 2 rings (SSSR count). The molecule has 0 saturated carbocycles. The molecule has 20 heavy (non-hydrogen) atoms. The van der Waals surface area contributed by atoms with E-state index in [9.17, 15) is 9.90 Å². The van der Waals surface area contributed by atoms with Gasteiger partial charge < -0.3 is 5.11 Å². The van der Waals surface area contributed by atoms with E-state index < -0.39 is 11.4 Å². The Balaban J connectivity index is 2.47. The van der Waals surface area contributed by atoms with Crippen molar-refractivity contribution in [1.29, 1.82) is 5.26 Å². The maximum atomic E-state index is 11.7. The largest absolute Gasteiger partial charge is 0.494 e. The number of aromatic hydroxyl groups is 1. The Labute approximate surface area is 115 Å². The first kappa shape index (κ1) is 13.5. The number of aryl methyl sites for hydroxylation is 1. The number of aromatic amines is 1. The molecule has 0 aliphatic rings. The highest BCUT2D eigenvalue weighted by atomic mass is 16.3. The van der Waals surface area contributed by atoms with E-state index in [1.807, 2.05) is 25.1 Å². The number of nitrogens with zero attached hydrogens (tertiary/aromatic N) is 3. The molecule has 0 aliphatic carbocycles. The van der Waals surface area contributed by atoms with Gasteiger partial charge in [0.25, 0.3) is 5.56 Å². The van der Waals surface area contributed by atoms with Crippen LogP contribution in [0.25, 0.3) is 0 Å². The molecule has 0 aliphatic heterocycles. The number of hydrogen-bond donors (Lipinski definition) is 2. The van der Waals surface area contributed by atoms with Crippen molar-refractivity contribution < 1.29 is 5.11 Å². The molecular weight excluding hydrogens is 256 g/mol. The fraction of sp³-hybridized carbons (Fsp3) is 0.143. The Morgan fingerprint density at radius 2 is 1.85 bits per heavy atom. The summed E-state index contributed by atoms with van der Waals surface area (Å²) in [6, 6.07) is 9.11. The van der Waals surface area contributed by atoms with Crippen LogP contribution in [-0.4, -0.2) is 10.1 Å². The van der Waals surface area contributed by atoms with Gasteiger partial charge in [-0.1, -0.05) is 17.7 Å². The summed E-state index contributed by atoms with van der Waals surface area (Å²) in [5, 5.41) is 26.2. The molecule has 6 heteroatoms. The van der Waals surface area contributed by atoms with Gasteiger partial charge in [-0.05, 0) is 26.0 Å². The van der Waals surface area contributed by atoms with Crippen LogP contribution < -0.4 is 5.56 Å². The zero-order valence-electron chi connectivity index (χ0n) is 11.0. The molecule has 0 unspecified atom stereocenters. The van der Waals surface area contributed by atoms with Gasteiger partial charge in [0.2, 0.25) is 5.88 Å². The lowest BCUT2D eigenvalue weighted by Gasteiger charge is -2.02. The van der Waals surface area contributed by atoms with E-state index in [4.69, 9.17) is 5.26 Å². The third kappa shape index (κ3) is 2.57. The van der Waals surface area contributed by atoms with Crippen molar-refractivity contribution in [3.05, 3.63) is 51.3 Å². The van der Waals surface area contributed by atoms with Gasteiger partial charge in [0.15, 0.2) is 5.69 Å². The van der Waals surface area contributed by atoms with Gasteiger partial charge in [0.1, 0.15) is 11.6 Å². The topological polar surface area (TPSA) is 102 Å². The molecule has 6 nitrogen and oxygen atoms in total. The van der Waals surface area contributed by atoms with Gasteiger partial charge in [-0.15, -0.1) is 5.11 Å². The number of pyridine rings is 1. The first-order chi connectivity index (χ1) is 9.52. The van der Waals surface area contributed by atoms with Gasteiger partial charge in [-0.3, -0.25) is 9.78 Å². The molecule has 2 aromatic rings. The van der Waals surface area contributed by atoms with Crippen molar-refractivity contribution in [2.24, 2.45) is 10.2 Å². The summed E-state index contributed by atoms with van der Waals surface area (Å²) in [5.74, 6) is -0.454. The molecule has 0 spiro atoms. The van der Waals surface area contributed by atoms with Crippen LogP contribution in [0.1, 0.15) is 16.7 Å². The average Bonchev–Trinajstić information content (AvgIpc) is 2.40. The summed E-state index contributed by atoms with van der Waals surface area (Å²) < 4.78 is 0. The van der Waals surface area contributed by atoms with Crippen LogP contribution in [-0.2, 0) is 0 Å². The zero-order valence-corrected chi connectivity index (χ0v) is 11.0. The van der Waals surface area contributed by atoms with Gasteiger partial charge in [-0.2, -0.15) is 10.4 Å². The molecule has 0 atom stereocenters. The molecule has 2 N–H and O–H groups in total. The summed E-state index contributed by atoms with van der Waals surface area (Å²) in [6.45, 7) is 3.49. The first-order valence-electron chi connectivity index (χ1n) is 5.87. The Bertz CT molecular complexity index is 767. The van der Waals surface area contributed by atoms with E-state index in [-0.39, 0.29) is 11.3 Å². The van der Waals surface area contributed by atoms with E-state index >= 15 is 0 Å². The van der Waals surface area contributed by atoms with Crippen molar-refractivity contribution in [3.63, 3.8) is 0 Å². The average molecular weight is 268 g/mol. The molecule has 0 fully saturated rings. The summed E-state index contributed by atoms with van der Waals surface area (Å²) in [6.07, 6.45) is 0. The van der Waals surface area contributed by atoms with Crippen molar-refractivity contribution in [2.75, 3.05) is 0 Å². The van der Waals surface area contributed by atoms with Crippen LogP contribution in [0.15, 0.2) is 39.3 Å². The molecule has 1 aromatic carbocycles. The Hall–Kier alpha value is -2.94. The van der Waals surface area contributed by atoms with Gasteiger partial charge in [0.05, 0.1) is 5.69 Å². The lowest BCUT2D eigenvalue weighted by atomic mass is 10.1. The second-order valence-electron chi connectivity index (χ2n) is 4.30. The van der Waals surface area contributed by atoms with Crippen LogP contribution in [0, 0.1) is 25.2 Å². The van der Waals surface area contributed by atoms with Gasteiger partial charge in [0, 0.05) is 5.56 Å². The smallest absolute Gasteiger partial charge is 0.278 e. The van der Waals surface area contributed by atoms with Crippen LogP contribution >= 0.6 is 0 Å². The Morgan fingerprint density at radius 3 is 2.45 bits per heavy atom. The van der Waals surface area contributed by atoms with Gasteiger partial charge >= 0.3 is 0 Å². The normalized spacial score (nSPS) is 10.7. The number of hydrogen-bond acceptors (Lipinski definition) is 5. The summed E-state index contributed by atoms with van der Waals surface area (Å²) >= 11 is 0. The summed E-state index contributed by atoms with van der Waals surface area (Å²) in [4.78, 5) is 13.9. The van der Waals surface area contributed by atoms with Crippen LogP contribution in [0.5, 0.6) is 5.88 Å². The second kappa shape index (κ2) is 5.36. The number of nitrogens with one attached hydrogen (secondary N) is 1. The highest BCUT2D eigenvalue weighted by Gasteiger charge is 2.13. The molecule has 0 bridgehead atoms. The molecule has 0 saturated heterocycles. The minimum atomic E-state index is -0.588. The van der Waals surface area contributed by atoms with Crippen molar-refractivity contribution in [3.8, 4) is 11.9 Å². The van der Waals surface area contributed by atoms with Crippen LogP contribution in [0.4, 0.5) is 11.4 Å². The van der Waals surface area contributed by atoms with Crippen LogP contribution in [0.3, 0.4) is 0 Å². The molecule has 0 amide bonds. The van der Waals surface area contributed by atoms with E-state index in [1.165, 1.54) is 6.92 Å². The molecule has 100 valence electrons. The van der Waals surface area contributed by atoms with Crippen molar-refractivity contribution in [1.82, 2.24) is 4.98 Å². The summed E-state index contributed by atoms with van der Waals surface area (Å²) in [5.41, 5.74) is 1.40. The molecule has 0 radical (unpaired) electrons. The third-order valence-corrected chi connectivity index (χ3v) is 2.83. The number of aromatic nitrogens is 1. The predicted molar refractivity (Wildman–Crippen MR) is 73.5 cm³/mol. The Morgan fingerprint density at radius 1 is 1.20 bits per heavy atom. The maximum absolute atomic E-state index is 11.7. The first-order valence-corrected chi connectivity index (χ1v) is 5.87. The zero-order chi connectivity index (χ0) is 14.7. The lowest BCUT2D eigenvalue weighted by Crippen LogP contribution is -2.08. The van der Waals surface area contributed by atoms with E-state index in [0.717, 1.165) is 5.56 Å². The molecular formula is C14H12N4O2. The third-order valence-electron chi connectivity index (χ3n) is 2.83. The monoisotopic (exact) mass is 268 g/mol. The summed E-state index contributed by atoms with van der Waals surface area (Å²) in [7, 11) is 0. The number of H-pyrrole nitrogens is 1. The predicted octanol–water partition coefficient (Wildman–Crippen LogP) is 2.98. The van der Waals surface area contributed by atoms with E-state index in [2.05, 4.69) is 15.2 Å². The minimum Gasteiger partial charge on any atom is -0.494 e. The maximum Gasteiger partial charge on any atom is 0.278 e. The SMILES string of the molecule is Cc1ccc(N=Nc2c(C)c(C#N)c(O)[nH]c2=O)cc1. The number of azo groups is 1. The number of rotatable bonds is 2. The van der Waals surface area contributed by atoms with Crippen molar-refractivity contribution >= 4 is 11.4 Å². The number of benzene rings is 1. The minimum absolute atomic E-state index is 0.0116. The lowest BCUT2D eigenvalue weighted by molar-refractivity contribution is 0.449. The Kier molecular flexibility index (Phi) is 3.62. The molecule has 1 aromatic heterocycles. The van der Waals surface area contributed by atoms with E-state index in [1.54, 1.807) is 12.1 Å². The fourth-order valence-electron chi connectivity index (χ4n) is 1.67. The van der Waals surface area contributed by atoms with Crippen molar-refractivity contribution in [2.45, 2.75) is 13.8 Å². The standard InChI is InChI=1S/C14H12N4O2/c1-8-3-5-10(6-4-8)17-18-12-9(2)11(7-15)13(19)16-14(12)20/h3-6H,1-2H3,(H2,16,19,20). The fourth-order valence-corrected chi connectivity index (χ4v) is 1.67. The van der Waals surface area contributed by atoms with Gasteiger partial charge in [-0.25, -0.2) is 0 Å². The van der Waals surface area contributed by atoms with E-state index in [0.29, 0.717) is 11.3 Å². The molecule has 1 heterocycles. The highest BCUT2D eigenvalue weighted by molar-refractivity contribution is 5.56. The highest BCUT2D eigenvalue weighted by Crippen LogP contribution is 2.24.